The van der Waals surface area contributed by atoms with Gasteiger partial charge in [0.05, 0.1) is 49.5 Å². The van der Waals surface area contributed by atoms with Crippen LogP contribution in [0, 0.1) is 20.2 Å². The van der Waals surface area contributed by atoms with E-state index in [2.05, 4.69) is 20.1 Å². The van der Waals surface area contributed by atoms with Crippen molar-refractivity contribution in [1.82, 2.24) is 29.9 Å². The Morgan fingerprint density at radius 3 is 1.26 bits per heavy atom. The van der Waals surface area contributed by atoms with Gasteiger partial charge in [-0.1, -0.05) is 24.3 Å². The van der Waals surface area contributed by atoms with Crippen molar-refractivity contribution in [3.8, 4) is 0 Å². The highest BCUT2D eigenvalue weighted by atomic mass is 32.2. The number of nitrogens with one attached hydrogen (secondary N) is 4. The smallest absolute Gasteiger partial charge is 0.317 e. The van der Waals surface area contributed by atoms with E-state index in [4.69, 9.17) is 56.8 Å². The first-order valence-electron chi connectivity index (χ1n) is 27.9. The van der Waals surface area contributed by atoms with E-state index in [0.717, 1.165) is 24.3 Å². The van der Waals surface area contributed by atoms with E-state index in [9.17, 15) is 46.7 Å². The third-order valence-corrected chi connectivity index (χ3v) is 17.6. The van der Waals surface area contributed by atoms with Crippen LogP contribution in [0.5, 0.6) is 0 Å². The van der Waals surface area contributed by atoms with Crippen molar-refractivity contribution in [3.63, 3.8) is 0 Å². The van der Waals surface area contributed by atoms with Crippen molar-refractivity contribution < 1.29 is 93.1 Å². The number of rotatable bonds is 29. The molecule has 84 heavy (non-hydrogen) atoms. The molecule has 0 radical (unpaired) electrons. The quantitative estimate of drug-likeness (QED) is 0.0516. The molecular formula is C52H78N8O22S2. The van der Waals surface area contributed by atoms with E-state index in [1.54, 1.807) is 55.4 Å². The third-order valence-electron chi connectivity index (χ3n) is 14.6. The summed E-state index contributed by atoms with van der Waals surface area (Å²) >= 11 is 0. The second-order valence-electron chi connectivity index (χ2n) is 22.7. The van der Waals surface area contributed by atoms with Crippen molar-refractivity contribution in [2.24, 2.45) is 0 Å². The molecule has 32 heteroatoms. The summed E-state index contributed by atoms with van der Waals surface area (Å²) in [4.78, 5) is 51.7. The Hall–Kier alpha value is -4.88. The fourth-order valence-corrected chi connectivity index (χ4v) is 13.2. The van der Waals surface area contributed by atoms with Crippen LogP contribution in [0.25, 0.3) is 0 Å². The number of sulfonamides is 2. The van der Waals surface area contributed by atoms with Crippen LogP contribution in [0.15, 0.2) is 58.3 Å². The second-order valence-corrected chi connectivity index (χ2v) is 26.2. The molecule has 0 unspecified atom stereocenters. The van der Waals surface area contributed by atoms with Gasteiger partial charge in [0.25, 0.3) is 11.4 Å². The van der Waals surface area contributed by atoms with Gasteiger partial charge in [-0.3, -0.25) is 20.2 Å². The number of carbonyl (C=O) groups is 2. The average Bonchev–Trinajstić information content (AvgIpc) is 1.71. The highest BCUT2D eigenvalue weighted by molar-refractivity contribution is 7.90. The number of carbonyl (C=O) groups excluding carboxylic acids is 2. The number of nitro groups is 2. The summed E-state index contributed by atoms with van der Waals surface area (Å²) in [6.07, 6.45) is -2.16. The molecule has 2 aromatic carbocycles. The summed E-state index contributed by atoms with van der Waals surface area (Å²) in [6.45, 7) is 14.0. The first kappa shape index (κ1) is 65.1. The molecule has 4 amide bonds. The van der Waals surface area contributed by atoms with Crippen LogP contribution in [0.1, 0.15) is 81.1 Å². The maximum Gasteiger partial charge on any atom is 0.317 e. The molecule has 30 nitrogen and oxygen atoms in total. The maximum atomic E-state index is 14.2. The highest BCUT2D eigenvalue weighted by Gasteiger charge is 2.67. The van der Waals surface area contributed by atoms with E-state index in [0.29, 0.717) is 25.7 Å². The van der Waals surface area contributed by atoms with Crippen molar-refractivity contribution in [1.29, 1.82) is 0 Å². The van der Waals surface area contributed by atoms with Crippen LogP contribution < -0.4 is 20.1 Å². The number of benzene rings is 2. The van der Waals surface area contributed by atoms with E-state index in [-0.39, 0.29) is 92.0 Å². The normalized spacial score (nSPS) is 28.2. The molecule has 0 saturated carbocycles. The van der Waals surface area contributed by atoms with E-state index in [1.807, 2.05) is 0 Å². The Morgan fingerprint density at radius 2 is 0.905 bits per heavy atom. The molecule has 8 rings (SSSR count). The zero-order chi connectivity index (χ0) is 60.9. The van der Waals surface area contributed by atoms with Gasteiger partial charge in [0.2, 0.25) is 31.6 Å². The lowest BCUT2D eigenvalue weighted by atomic mass is 10.0. The molecular weight excluding hydrogens is 1150 g/mol. The largest absolute Gasteiger partial charge is 0.348 e. The zero-order valence-corrected chi connectivity index (χ0v) is 50.0. The number of para-hydroxylation sites is 2. The van der Waals surface area contributed by atoms with Crippen molar-refractivity contribution >= 4 is 43.5 Å². The molecule has 2 aromatic rings. The summed E-state index contributed by atoms with van der Waals surface area (Å²) in [5.74, 6) is -6.50. The minimum atomic E-state index is -4.39. The van der Waals surface area contributed by atoms with Gasteiger partial charge < -0.3 is 77.3 Å². The molecule has 0 aliphatic carbocycles. The molecule has 4 N–H and O–H groups in total. The Balaban J connectivity index is 0.949. The van der Waals surface area contributed by atoms with Gasteiger partial charge in [0.1, 0.15) is 36.6 Å². The summed E-state index contributed by atoms with van der Waals surface area (Å²) in [6, 6.07) is 8.39. The van der Waals surface area contributed by atoms with E-state index in [1.165, 1.54) is 34.1 Å². The minimum absolute atomic E-state index is 0.0792. The van der Waals surface area contributed by atoms with Crippen molar-refractivity contribution in [3.05, 3.63) is 68.8 Å². The highest BCUT2D eigenvalue weighted by Crippen LogP contribution is 2.48. The van der Waals surface area contributed by atoms with Crippen LogP contribution in [0.4, 0.5) is 21.0 Å². The lowest BCUT2D eigenvalue weighted by Crippen LogP contribution is -2.56. The van der Waals surface area contributed by atoms with E-state index >= 15 is 0 Å². The van der Waals surface area contributed by atoms with Crippen LogP contribution in [0.2, 0.25) is 0 Å². The Morgan fingerprint density at radius 1 is 0.524 bits per heavy atom. The van der Waals surface area contributed by atoms with Gasteiger partial charge in [-0.15, -0.1) is 0 Å². The van der Waals surface area contributed by atoms with Crippen molar-refractivity contribution in [2.75, 3.05) is 92.0 Å². The fraction of sp³-hybridized carbons (Fsp3) is 0.731. The molecule has 0 aromatic heterocycles. The number of amides is 4. The van der Waals surface area contributed by atoms with Gasteiger partial charge in [0.15, 0.2) is 32.9 Å². The monoisotopic (exact) mass is 1230 g/mol. The number of ether oxygens (including phenoxy) is 12. The first-order chi connectivity index (χ1) is 39.5. The zero-order valence-electron chi connectivity index (χ0n) is 48.4. The summed E-state index contributed by atoms with van der Waals surface area (Å²) in [5.41, 5.74) is -1.26. The second kappa shape index (κ2) is 26.2. The van der Waals surface area contributed by atoms with Gasteiger partial charge in [-0.25, -0.2) is 35.9 Å². The molecule has 470 valence electrons. The van der Waals surface area contributed by atoms with Gasteiger partial charge in [0, 0.05) is 64.5 Å². The Labute approximate surface area is 487 Å². The van der Waals surface area contributed by atoms with Gasteiger partial charge >= 0.3 is 12.1 Å². The molecule has 8 atom stereocenters. The first-order valence-corrected chi connectivity index (χ1v) is 30.9. The van der Waals surface area contributed by atoms with Crippen LogP contribution in [-0.4, -0.2) is 212 Å². The minimum Gasteiger partial charge on any atom is -0.348 e. The summed E-state index contributed by atoms with van der Waals surface area (Å²) in [7, 11) is -8.78. The summed E-state index contributed by atoms with van der Waals surface area (Å²) in [5, 5.41) is 28.7. The van der Waals surface area contributed by atoms with Gasteiger partial charge in [-0.05, 0) is 93.2 Å². The van der Waals surface area contributed by atoms with Crippen LogP contribution >= 0.6 is 0 Å². The number of fused-ring (bicyclic) bond motifs is 2. The molecule has 6 fully saturated rings. The molecule has 6 aliphatic rings. The molecule has 0 bridgehead atoms. The predicted molar refractivity (Wildman–Crippen MR) is 292 cm³/mol. The Bertz CT molecular complexity index is 2710. The topological polar surface area (TPSA) is 354 Å². The van der Waals surface area contributed by atoms with Crippen LogP contribution in [-0.2, 0) is 76.9 Å². The SMILES string of the molecule is CC1(C)O[C@H]2CO[C@](OCCCCN(CCN(CCCCO[C@]3([C@H]4COC(C)(C)O4)OC[C@@H]4OC(C)(C)O[C@H]43)C(=O)NCCNS(=O)(=O)c3ccccc3[N+](=O)[O-])C(=O)NCCNS(=O)(=O)c3ccccc3[N+](=O)[O-])([C@H]3COC(C)(C)O3)[C@@H]2O1. The molecule has 6 saturated heterocycles. The number of urea groups is 2. The standard InChI is InChI=1S/C52H78N8O22S2/c1-47(2)73-33-41(79-47)51(43-37(31-75-51)77-49(5,6)81-43)71-29-15-13-25-57(45(61)53-21-23-55-83(67,68)39-19-11-9-17-35(39)59(63)64)27-28-58(46(62)54-22-24-56-84(69,70)40-20-12-10-18-36(40)60(65)66)26-14-16-30-72-52(42-34-74-48(3,4)80-42)44-38(32-76-52)78-50(7,8)82-44/h9-12,17-20,37-38,41-44,55-56H,13-16,21-34H2,1-8H3,(H,53,61)(H,54,62)/t37-,38-,41+,42+,43+,44+,51+,52+/m0/s1. The summed E-state index contributed by atoms with van der Waals surface area (Å²) < 4.78 is 132. The van der Waals surface area contributed by atoms with E-state index < -0.39 is 134 Å². The van der Waals surface area contributed by atoms with Gasteiger partial charge in [-0.2, -0.15) is 0 Å². The third kappa shape index (κ3) is 15.4. The number of nitrogens with zero attached hydrogens (tertiary/aromatic N) is 4. The average molecular weight is 1230 g/mol. The Kier molecular flexibility index (Phi) is 20.3. The van der Waals surface area contributed by atoms with Crippen molar-refractivity contribution in [2.45, 2.75) is 162 Å². The number of hydrogen-bond donors (Lipinski definition) is 4. The molecule has 6 heterocycles. The maximum absolute atomic E-state index is 14.2. The predicted octanol–water partition coefficient (Wildman–Crippen LogP) is 3.17. The molecule has 6 aliphatic heterocycles. The lowest BCUT2D eigenvalue weighted by Gasteiger charge is -2.38. The number of nitro benzene ring substituents is 2. The van der Waals surface area contributed by atoms with Crippen LogP contribution in [0.3, 0.4) is 0 Å². The number of unbranched alkanes of at least 4 members (excludes halogenated alkanes) is 2. The fourth-order valence-electron chi connectivity index (χ4n) is 10.8. The number of hydrogen-bond acceptors (Lipinski definition) is 22. The molecule has 0 spiro atoms. The lowest BCUT2D eigenvalue weighted by molar-refractivity contribution is -0.388.